The van der Waals surface area contributed by atoms with Crippen LogP contribution in [0.25, 0.3) is 0 Å². The molecule has 3 aromatic carbocycles. The third-order valence-electron chi connectivity index (χ3n) is 4.40. The zero-order valence-electron chi connectivity index (χ0n) is 15.9. The molecule has 0 spiro atoms. The number of sulfonamides is 1. The number of amides is 1. The third kappa shape index (κ3) is 5.71. The first-order chi connectivity index (χ1) is 14.3. The van der Waals surface area contributed by atoms with E-state index >= 15 is 0 Å². The SMILES string of the molecule is O=C(NCc1ccc(F)cc1)C(Cc1ccccc1)NS(=O)(=O)c1ccccc1F. The summed E-state index contributed by atoms with van der Waals surface area (Å²) in [6.45, 7) is 0.0891. The van der Waals surface area contributed by atoms with Crippen LogP contribution >= 0.6 is 0 Å². The molecule has 1 atom stereocenters. The van der Waals surface area contributed by atoms with Crippen LogP contribution in [0.1, 0.15) is 11.1 Å². The number of halogens is 2. The Morgan fingerprint density at radius 2 is 1.47 bits per heavy atom. The minimum Gasteiger partial charge on any atom is -0.351 e. The molecule has 3 rings (SSSR count). The van der Waals surface area contributed by atoms with Gasteiger partial charge in [-0.3, -0.25) is 4.79 Å². The van der Waals surface area contributed by atoms with E-state index in [1.54, 1.807) is 30.3 Å². The number of hydrogen-bond acceptors (Lipinski definition) is 3. The molecule has 0 aliphatic carbocycles. The largest absolute Gasteiger partial charge is 0.351 e. The summed E-state index contributed by atoms with van der Waals surface area (Å²) in [5.41, 5.74) is 1.39. The van der Waals surface area contributed by atoms with E-state index in [0.29, 0.717) is 5.56 Å². The molecule has 0 aliphatic rings. The van der Waals surface area contributed by atoms with E-state index in [9.17, 15) is 22.0 Å². The summed E-state index contributed by atoms with van der Waals surface area (Å²) in [5, 5.41) is 2.65. The highest BCUT2D eigenvalue weighted by atomic mass is 32.2. The van der Waals surface area contributed by atoms with Gasteiger partial charge in [-0.15, -0.1) is 0 Å². The zero-order valence-corrected chi connectivity index (χ0v) is 16.7. The van der Waals surface area contributed by atoms with Gasteiger partial charge in [-0.05, 0) is 41.8 Å². The zero-order chi connectivity index (χ0) is 21.6. The van der Waals surface area contributed by atoms with Gasteiger partial charge in [0.1, 0.15) is 22.6 Å². The van der Waals surface area contributed by atoms with Crippen molar-refractivity contribution in [2.75, 3.05) is 0 Å². The molecule has 0 bridgehead atoms. The Hall–Kier alpha value is -3.10. The van der Waals surface area contributed by atoms with Crippen molar-refractivity contribution in [3.63, 3.8) is 0 Å². The van der Waals surface area contributed by atoms with Crippen LogP contribution in [0.5, 0.6) is 0 Å². The highest BCUT2D eigenvalue weighted by Crippen LogP contribution is 2.15. The summed E-state index contributed by atoms with van der Waals surface area (Å²) in [6, 6.07) is 18.2. The molecule has 0 heterocycles. The lowest BCUT2D eigenvalue weighted by molar-refractivity contribution is -0.122. The van der Waals surface area contributed by atoms with Crippen LogP contribution in [0.2, 0.25) is 0 Å². The van der Waals surface area contributed by atoms with Crippen LogP contribution in [-0.4, -0.2) is 20.4 Å². The maximum absolute atomic E-state index is 14.0. The molecule has 0 saturated carbocycles. The Kier molecular flexibility index (Phi) is 6.91. The normalized spacial score (nSPS) is 12.3. The van der Waals surface area contributed by atoms with E-state index in [-0.39, 0.29) is 13.0 Å². The first kappa shape index (κ1) is 21.6. The van der Waals surface area contributed by atoms with Gasteiger partial charge < -0.3 is 5.32 Å². The van der Waals surface area contributed by atoms with Gasteiger partial charge in [0.2, 0.25) is 15.9 Å². The van der Waals surface area contributed by atoms with Gasteiger partial charge in [-0.2, -0.15) is 4.72 Å². The number of hydrogen-bond donors (Lipinski definition) is 2. The van der Waals surface area contributed by atoms with Crippen LogP contribution in [0.3, 0.4) is 0 Å². The monoisotopic (exact) mass is 430 g/mol. The lowest BCUT2D eigenvalue weighted by Crippen LogP contribution is -2.47. The molecule has 0 fully saturated rings. The van der Waals surface area contributed by atoms with Crippen molar-refractivity contribution in [3.8, 4) is 0 Å². The molecule has 0 saturated heterocycles. The topological polar surface area (TPSA) is 75.3 Å². The summed E-state index contributed by atoms with van der Waals surface area (Å²) in [7, 11) is -4.28. The van der Waals surface area contributed by atoms with Crippen LogP contribution in [-0.2, 0) is 27.8 Å². The van der Waals surface area contributed by atoms with Crippen LogP contribution in [0.15, 0.2) is 83.8 Å². The Morgan fingerprint density at radius 1 is 0.833 bits per heavy atom. The maximum Gasteiger partial charge on any atom is 0.244 e. The molecule has 2 N–H and O–H groups in total. The molecule has 1 unspecified atom stereocenters. The second-order valence-corrected chi connectivity index (χ2v) is 8.32. The average molecular weight is 430 g/mol. The van der Waals surface area contributed by atoms with Crippen molar-refractivity contribution in [3.05, 3.63) is 102 Å². The quantitative estimate of drug-likeness (QED) is 0.577. The van der Waals surface area contributed by atoms with Crippen molar-refractivity contribution in [2.45, 2.75) is 23.9 Å². The van der Waals surface area contributed by atoms with E-state index in [1.807, 2.05) is 0 Å². The highest BCUT2D eigenvalue weighted by Gasteiger charge is 2.27. The molecule has 0 radical (unpaired) electrons. The molecule has 30 heavy (non-hydrogen) atoms. The van der Waals surface area contributed by atoms with Crippen LogP contribution in [0, 0.1) is 11.6 Å². The predicted molar refractivity (Wildman–Crippen MR) is 109 cm³/mol. The second-order valence-electron chi connectivity index (χ2n) is 6.64. The summed E-state index contributed by atoms with van der Waals surface area (Å²) < 4.78 is 54.8. The van der Waals surface area contributed by atoms with Crippen LogP contribution < -0.4 is 10.0 Å². The van der Waals surface area contributed by atoms with Crippen LogP contribution in [0.4, 0.5) is 8.78 Å². The van der Waals surface area contributed by atoms with Crippen molar-refractivity contribution < 1.29 is 22.0 Å². The lowest BCUT2D eigenvalue weighted by Gasteiger charge is -2.19. The fraction of sp³-hybridized carbons (Fsp3) is 0.136. The number of rotatable bonds is 8. The summed E-state index contributed by atoms with van der Waals surface area (Å²) in [6.07, 6.45) is 0.0732. The van der Waals surface area contributed by atoms with Gasteiger partial charge in [-0.25, -0.2) is 17.2 Å². The smallest absolute Gasteiger partial charge is 0.244 e. The van der Waals surface area contributed by atoms with E-state index in [0.717, 1.165) is 17.7 Å². The molecule has 3 aromatic rings. The Bertz CT molecular complexity index is 1100. The van der Waals surface area contributed by atoms with E-state index in [1.165, 1.54) is 36.4 Å². The van der Waals surface area contributed by atoms with E-state index < -0.39 is 38.5 Å². The van der Waals surface area contributed by atoms with Gasteiger partial charge in [0.15, 0.2) is 0 Å². The first-order valence-electron chi connectivity index (χ1n) is 9.18. The van der Waals surface area contributed by atoms with E-state index in [4.69, 9.17) is 0 Å². The second kappa shape index (κ2) is 9.60. The third-order valence-corrected chi connectivity index (χ3v) is 5.91. The van der Waals surface area contributed by atoms with Crippen molar-refractivity contribution in [2.24, 2.45) is 0 Å². The number of nitrogens with one attached hydrogen (secondary N) is 2. The molecule has 1 amide bonds. The van der Waals surface area contributed by atoms with Gasteiger partial charge in [0.05, 0.1) is 0 Å². The molecule has 5 nitrogen and oxygen atoms in total. The van der Waals surface area contributed by atoms with Crippen molar-refractivity contribution in [1.29, 1.82) is 0 Å². The van der Waals surface area contributed by atoms with Gasteiger partial charge in [-0.1, -0.05) is 54.6 Å². The molecule has 0 aromatic heterocycles. The highest BCUT2D eigenvalue weighted by molar-refractivity contribution is 7.89. The minimum atomic E-state index is -4.28. The van der Waals surface area contributed by atoms with Crippen molar-refractivity contribution >= 4 is 15.9 Å². The number of benzene rings is 3. The first-order valence-corrected chi connectivity index (χ1v) is 10.7. The number of carbonyl (C=O) groups is 1. The Balaban J connectivity index is 1.79. The Morgan fingerprint density at radius 3 is 2.13 bits per heavy atom. The fourth-order valence-electron chi connectivity index (χ4n) is 2.87. The molecule has 0 aliphatic heterocycles. The lowest BCUT2D eigenvalue weighted by atomic mass is 10.1. The fourth-order valence-corrected chi connectivity index (χ4v) is 4.14. The predicted octanol–water partition coefficient (Wildman–Crippen LogP) is 3.17. The Labute approximate surface area is 173 Å². The van der Waals surface area contributed by atoms with Crippen molar-refractivity contribution in [1.82, 2.24) is 10.0 Å². The number of carbonyl (C=O) groups excluding carboxylic acids is 1. The standard InChI is InChI=1S/C22H20F2N2O3S/c23-18-12-10-17(11-13-18)15-25-22(27)20(14-16-6-2-1-3-7-16)26-30(28,29)21-9-5-4-8-19(21)24/h1-13,20,26H,14-15H2,(H,25,27). The minimum absolute atomic E-state index is 0.0732. The summed E-state index contributed by atoms with van der Waals surface area (Å²) >= 11 is 0. The molecule has 156 valence electrons. The van der Waals surface area contributed by atoms with Gasteiger partial charge >= 0.3 is 0 Å². The van der Waals surface area contributed by atoms with E-state index in [2.05, 4.69) is 10.0 Å². The summed E-state index contributed by atoms with van der Waals surface area (Å²) in [4.78, 5) is 12.2. The molecule has 8 heteroatoms. The maximum atomic E-state index is 14.0. The van der Waals surface area contributed by atoms with Gasteiger partial charge in [0.25, 0.3) is 0 Å². The van der Waals surface area contributed by atoms with Gasteiger partial charge in [0, 0.05) is 6.54 Å². The molecular weight excluding hydrogens is 410 g/mol. The molecular formula is C22H20F2N2O3S. The summed E-state index contributed by atoms with van der Waals surface area (Å²) in [5.74, 6) is -1.89. The average Bonchev–Trinajstić information content (AvgIpc) is 2.73.